The van der Waals surface area contributed by atoms with Crippen LogP contribution < -0.4 is 4.74 Å². The largest absolute Gasteiger partial charge is 0.489 e. The molecular formula is C13H16F3NO. The number of rotatable bonds is 2. The Morgan fingerprint density at radius 1 is 1.11 bits per heavy atom. The third-order valence-electron chi connectivity index (χ3n) is 2.82. The van der Waals surface area contributed by atoms with Crippen molar-refractivity contribution >= 4 is 0 Å². The van der Waals surface area contributed by atoms with Gasteiger partial charge in [0.15, 0.2) is 0 Å². The van der Waals surface area contributed by atoms with Gasteiger partial charge in [0.05, 0.1) is 6.10 Å². The van der Waals surface area contributed by atoms with Crippen LogP contribution in [0.15, 0.2) is 12.4 Å². The van der Waals surface area contributed by atoms with Crippen LogP contribution in [0.1, 0.15) is 44.7 Å². The summed E-state index contributed by atoms with van der Waals surface area (Å²) in [4.78, 5) is 3.71. The van der Waals surface area contributed by atoms with E-state index < -0.39 is 17.2 Å². The lowest BCUT2D eigenvalue weighted by molar-refractivity contribution is -0.139. The summed E-state index contributed by atoms with van der Waals surface area (Å²) in [5.74, 6) is -0.0486. The Kier molecular flexibility index (Phi) is 3.03. The van der Waals surface area contributed by atoms with Gasteiger partial charge in [0, 0.05) is 18.0 Å². The van der Waals surface area contributed by atoms with Gasteiger partial charge >= 0.3 is 6.18 Å². The molecule has 1 aliphatic rings. The van der Waals surface area contributed by atoms with E-state index in [1.165, 1.54) is 6.20 Å². The van der Waals surface area contributed by atoms with E-state index in [2.05, 4.69) is 4.98 Å². The summed E-state index contributed by atoms with van der Waals surface area (Å²) in [7, 11) is 0. The fourth-order valence-electron chi connectivity index (χ4n) is 1.66. The third kappa shape index (κ3) is 2.76. The molecule has 100 valence electrons. The first-order chi connectivity index (χ1) is 8.19. The second kappa shape index (κ2) is 4.14. The molecule has 0 unspecified atom stereocenters. The highest BCUT2D eigenvalue weighted by Crippen LogP contribution is 2.43. The molecule has 0 aliphatic heterocycles. The standard InChI is InChI=1S/C13H16F3NO/c1-12(2,3)9-6-17-7-10(13(14,15)16)11(9)18-8-4-5-8/h6-8H,4-5H2,1-3H3. The molecule has 1 fully saturated rings. The van der Waals surface area contributed by atoms with Crippen LogP contribution in [0.5, 0.6) is 5.75 Å². The predicted molar refractivity (Wildman–Crippen MR) is 61.6 cm³/mol. The van der Waals surface area contributed by atoms with Crippen molar-refractivity contribution in [2.75, 3.05) is 0 Å². The lowest BCUT2D eigenvalue weighted by Crippen LogP contribution is -2.19. The Morgan fingerprint density at radius 2 is 1.67 bits per heavy atom. The predicted octanol–water partition coefficient (Wildman–Crippen LogP) is 3.94. The number of alkyl halides is 3. The number of aromatic nitrogens is 1. The molecule has 0 spiro atoms. The molecule has 1 saturated carbocycles. The molecular weight excluding hydrogens is 243 g/mol. The Hall–Kier alpha value is -1.26. The highest BCUT2D eigenvalue weighted by molar-refractivity contribution is 5.44. The Morgan fingerprint density at radius 3 is 2.11 bits per heavy atom. The highest BCUT2D eigenvalue weighted by Gasteiger charge is 2.39. The van der Waals surface area contributed by atoms with Gasteiger partial charge < -0.3 is 4.74 Å². The average molecular weight is 259 g/mol. The van der Waals surface area contributed by atoms with Crippen LogP contribution in [-0.2, 0) is 11.6 Å². The van der Waals surface area contributed by atoms with Crippen LogP contribution in [0.2, 0.25) is 0 Å². The molecule has 1 aromatic heterocycles. The van der Waals surface area contributed by atoms with Gasteiger partial charge in [0.2, 0.25) is 0 Å². The van der Waals surface area contributed by atoms with E-state index in [1.807, 2.05) is 20.8 Å². The zero-order valence-corrected chi connectivity index (χ0v) is 10.6. The zero-order valence-electron chi connectivity index (χ0n) is 10.6. The van der Waals surface area contributed by atoms with Gasteiger partial charge in [-0.1, -0.05) is 20.8 Å². The maximum Gasteiger partial charge on any atom is 0.421 e. The third-order valence-corrected chi connectivity index (χ3v) is 2.82. The van der Waals surface area contributed by atoms with Crippen molar-refractivity contribution in [3.63, 3.8) is 0 Å². The van der Waals surface area contributed by atoms with Gasteiger partial charge in [0.25, 0.3) is 0 Å². The van der Waals surface area contributed by atoms with Crippen molar-refractivity contribution in [1.82, 2.24) is 4.98 Å². The highest BCUT2D eigenvalue weighted by atomic mass is 19.4. The lowest BCUT2D eigenvalue weighted by atomic mass is 9.86. The van der Waals surface area contributed by atoms with Gasteiger partial charge in [-0.05, 0) is 18.3 Å². The van der Waals surface area contributed by atoms with E-state index in [0.717, 1.165) is 19.0 Å². The topological polar surface area (TPSA) is 22.1 Å². The van der Waals surface area contributed by atoms with Gasteiger partial charge in [-0.2, -0.15) is 13.2 Å². The summed E-state index contributed by atoms with van der Waals surface area (Å²) in [6.45, 7) is 5.55. The van der Waals surface area contributed by atoms with E-state index in [9.17, 15) is 13.2 Å². The van der Waals surface area contributed by atoms with Gasteiger partial charge in [0.1, 0.15) is 11.3 Å². The average Bonchev–Trinajstić information content (AvgIpc) is 2.98. The number of hydrogen-bond acceptors (Lipinski definition) is 2. The van der Waals surface area contributed by atoms with E-state index in [4.69, 9.17) is 4.74 Å². The summed E-state index contributed by atoms with van der Waals surface area (Å²) < 4.78 is 44.4. The lowest BCUT2D eigenvalue weighted by Gasteiger charge is -2.24. The van der Waals surface area contributed by atoms with Crippen LogP contribution >= 0.6 is 0 Å². The van der Waals surface area contributed by atoms with Crippen LogP contribution in [0.3, 0.4) is 0 Å². The minimum atomic E-state index is -4.43. The van der Waals surface area contributed by atoms with Gasteiger partial charge in [-0.3, -0.25) is 4.98 Å². The SMILES string of the molecule is CC(C)(C)c1cncc(C(F)(F)F)c1OC1CC1. The van der Waals surface area contributed by atoms with Crippen LogP contribution in [0.4, 0.5) is 13.2 Å². The molecule has 0 bridgehead atoms. The molecule has 0 atom stereocenters. The van der Waals surface area contributed by atoms with E-state index in [1.54, 1.807) is 0 Å². The van der Waals surface area contributed by atoms with E-state index in [0.29, 0.717) is 5.56 Å². The summed E-state index contributed by atoms with van der Waals surface area (Å²) >= 11 is 0. The van der Waals surface area contributed by atoms with Crippen molar-refractivity contribution in [2.24, 2.45) is 0 Å². The summed E-state index contributed by atoms with van der Waals surface area (Å²) in [5.41, 5.74) is -0.704. The quantitative estimate of drug-likeness (QED) is 0.802. The first-order valence-electron chi connectivity index (χ1n) is 5.92. The summed E-state index contributed by atoms with van der Waals surface area (Å²) in [6.07, 6.45) is -0.556. The molecule has 2 rings (SSSR count). The van der Waals surface area contributed by atoms with Crippen LogP contribution in [0, 0.1) is 0 Å². The second-order valence-electron chi connectivity index (χ2n) is 5.63. The van der Waals surface area contributed by atoms with E-state index in [-0.39, 0.29) is 11.9 Å². The minimum Gasteiger partial charge on any atom is -0.489 e. The van der Waals surface area contributed by atoms with Crippen molar-refractivity contribution in [2.45, 2.75) is 51.3 Å². The monoisotopic (exact) mass is 259 g/mol. The molecule has 0 aromatic carbocycles. The molecule has 0 amide bonds. The Balaban J connectivity index is 2.52. The summed E-state index contributed by atoms with van der Waals surface area (Å²) in [6, 6.07) is 0. The number of halogens is 3. The van der Waals surface area contributed by atoms with E-state index >= 15 is 0 Å². The number of nitrogens with zero attached hydrogens (tertiary/aromatic N) is 1. The molecule has 1 heterocycles. The van der Waals surface area contributed by atoms with Gasteiger partial charge in [-0.15, -0.1) is 0 Å². The van der Waals surface area contributed by atoms with Crippen molar-refractivity contribution in [3.05, 3.63) is 23.5 Å². The Labute approximate surface area is 104 Å². The second-order valence-corrected chi connectivity index (χ2v) is 5.63. The first kappa shape index (κ1) is 13.2. The fraction of sp³-hybridized carbons (Fsp3) is 0.615. The molecule has 1 aliphatic carbocycles. The fourth-order valence-corrected chi connectivity index (χ4v) is 1.66. The Bertz CT molecular complexity index is 412. The molecule has 0 saturated heterocycles. The molecule has 0 N–H and O–H groups in total. The number of ether oxygens (including phenoxy) is 1. The minimum absolute atomic E-state index is 0.0486. The number of hydrogen-bond donors (Lipinski definition) is 0. The molecule has 18 heavy (non-hydrogen) atoms. The maximum absolute atomic E-state index is 13.0. The smallest absolute Gasteiger partial charge is 0.421 e. The zero-order chi connectivity index (χ0) is 13.6. The normalized spacial score (nSPS) is 16.8. The molecule has 0 radical (unpaired) electrons. The number of pyridine rings is 1. The first-order valence-corrected chi connectivity index (χ1v) is 5.92. The van der Waals surface area contributed by atoms with Crippen molar-refractivity contribution in [1.29, 1.82) is 0 Å². The maximum atomic E-state index is 13.0. The van der Waals surface area contributed by atoms with Crippen LogP contribution in [-0.4, -0.2) is 11.1 Å². The van der Waals surface area contributed by atoms with Crippen LogP contribution in [0.25, 0.3) is 0 Å². The van der Waals surface area contributed by atoms with Crippen molar-refractivity contribution < 1.29 is 17.9 Å². The van der Waals surface area contributed by atoms with Crippen molar-refractivity contribution in [3.8, 4) is 5.75 Å². The molecule has 1 aromatic rings. The molecule has 2 nitrogen and oxygen atoms in total. The summed E-state index contributed by atoms with van der Waals surface area (Å²) in [5, 5.41) is 0. The molecule has 5 heteroatoms. The van der Waals surface area contributed by atoms with Gasteiger partial charge in [-0.25, -0.2) is 0 Å².